The summed E-state index contributed by atoms with van der Waals surface area (Å²) >= 11 is 2.53. The zero-order chi connectivity index (χ0) is 22.8. The summed E-state index contributed by atoms with van der Waals surface area (Å²) in [5.41, 5.74) is 6.30. The van der Waals surface area contributed by atoms with Crippen molar-refractivity contribution in [2.24, 2.45) is 5.16 Å². The first-order valence-electron chi connectivity index (χ1n) is 9.38. The number of thioether (sulfide) groups is 1. The number of pyridine rings is 1. The molecule has 0 saturated carbocycles. The number of aromatic nitrogens is 2. The Morgan fingerprint density at radius 1 is 1.41 bits per heavy atom. The molecule has 2 atom stereocenters. The maximum absolute atomic E-state index is 12.9. The van der Waals surface area contributed by atoms with Gasteiger partial charge in [-0.25, -0.2) is 14.3 Å². The quantitative estimate of drug-likeness (QED) is 0.216. The van der Waals surface area contributed by atoms with Crippen LogP contribution in [-0.4, -0.2) is 62.8 Å². The van der Waals surface area contributed by atoms with Crippen molar-refractivity contribution in [3.05, 3.63) is 52.9 Å². The number of aliphatic carboxylic acids is 1. The predicted octanol–water partition coefficient (Wildman–Crippen LogP) is -0.198. The third-order valence-electron chi connectivity index (χ3n) is 4.85. The molecule has 2 aromatic rings. The van der Waals surface area contributed by atoms with Crippen molar-refractivity contribution < 1.29 is 28.9 Å². The first-order chi connectivity index (χ1) is 15.4. The summed E-state index contributed by atoms with van der Waals surface area (Å²) in [6.45, 7) is 0.346. The van der Waals surface area contributed by atoms with Crippen molar-refractivity contribution in [1.82, 2.24) is 15.2 Å². The number of nitrogens with two attached hydrogens (primary N) is 1. The fourth-order valence-corrected chi connectivity index (χ4v) is 5.35. The van der Waals surface area contributed by atoms with Crippen molar-refractivity contribution in [3.8, 4) is 0 Å². The minimum Gasteiger partial charge on any atom is -0.477 e. The van der Waals surface area contributed by atoms with E-state index in [1.54, 1.807) is 5.38 Å². The molecule has 0 bridgehead atoms. The molecule has 2 aromatic heterocycles. The number of carboxylic acids is 1. The van der Waals surface area contributed by atoms with Crippen LogP contribution < -0.4 is 15.6 Å². The summed E-state index contributed by atoms with van der Waals surface area (Å²) in [7, 11) is 1.28. The molecule has 1 saturated heterocycles. The average molecular weight is 476 g/mol. The van der Waals surface area contributed by atoms with E-state index in [1.165, 1.54) is 23.8 Å². The second-order valence-electron chi connectivity index (χ2n) is 6.86. The number of carboxylic acid groups (broad SMARTS) is 1. The number of hydrogen-bond donors (Lipinski definition) is 3. The van der Waals surface area contributed by atoms with Crippen LogP contribution in [0.15, 0.2) is 52.4 Å². The van der Waals surface area contributed by atoms with Crippen molar-refractivity contribution in [2.75, 3.05) is 18.6 Å². The van der Waals surface area contributed by atoms with E-state index in [0.717, 1.165) is 11.3 Å². The molecule has 4 N–H and O–H groups in total. The van der Waals surface area contributed by atoms with Gasteiger partial charge in [0.05, 0.1) is 0 Å². The van der Waals surface area contributed by atoms with Gasteiger partial charge in [0, 0.05) is 28.8 Å². The van der Waals surface area contributed by atoms with Gasteiger partial charge in [0.1, 0.15) is 29.9 Å². The number of nitrogen functional groups attached to an aromatic ring is 1. The summed E-state index contributed by atoms with van der Waals surface area (Å²) < 4.78 is 1.84. The second kappa shape index (κ2) is 8.96. The van der Waals surface area contributed by atoms with Crippen molar-refractivity contribution in [1.29, 1.82) is 0 Å². The number of thiazole rings is 1. The highest BCUT2D eigenvalue weighted by Gasteiger charge is 2.54. The van der Waals surface area contributed by atoms with E-state index in [1.807, 2.05) is 35.2 Å². The summed E-state index contributed by atoms with van der Waals surface area (Å²) in [5.74, 6) is -1.94. The molecule has 0 aliphatic carbocycles. The molecule has 1 fully saturated rings. The van der Waals surface area contributed by atoms with Gasteiger partial charge in [-0.3, -0.25) is 14.5 Å². The summed E-state index contributed by atoms with van der Waals surface area (Å²) in [4.78, 5) is 47.6. The van der Waals surface area contributed by atoms with Gasteiger partial charge < -0.3 is 21.0 Å². The average Bonchev–Trinajstić information content (AvgIpc) is 3.21. The second-order valence-corrected chi connectivity index (χ2v) is 8.85. The lowest BCUT2D eigenvalue weighted by molar-refractivity contribution is -0.689. The molecule has 0 spiro atoms. The van der Waals surface area contributed by atoms with Gasteiger partial charge in [-0.1, -0.05) is 11.2 Å². The molecule has 32 heavy (non-hydrogen) atoms. The Kier molecular flexibility index (Phi) is 6.10. The number of hydrogen-bond acceptors (Lipinski definition) is 9. The van der Waals surface area contributed by atoms with Crippen LogP contribution in [0.4, 0.5) is 5.13 Å². The van der Waals surface area contributed by atoms with Crippen LogP contribution in [0.5, 0.6) is 0 Å². The van der Waals surface area contributed by atoms with Crippen LogP contribution in [0.3, 0.4) is 0 Å². The van der Waals surface area contributed by atoms with E-state index in [2.05, 4.69) is 15.5 Å². The van der Waals surface area contributed by atoms with Crippen LogP contribution in [0, 0.1) is 0 Å². The van der Waals surface area contributed by atoms with Gasteiger partial charge >= 0.3 is 5.97 Å². The summed E-state index contributed by atoms with van der Waals surface area (Å²) in [6.07, 6.45) is 3.65. The molecular weight excluding hydrogens is 456 g/mol. The van der Waals surface area contributed by atoms with Gasteiger partial charge in [-0.15, -0.1) is 23.1 Å². The zero-order valence-corrected chi connectivity index (χ0v) is 18.4. The van der Waals surface area contributed by atoms with Crippen LogP contribution >= 0.6 is 23.1 Å². The smallest absolute Gasteiger partial charge is 0.352 e. The summed E-state index contributed by atoms with van der Waals surface area (Å²) in [6, 6.07) is 4.65. The molecule has 2 amide bonds. The van der Waals surface area contributed by atoms with E-state index in [9.17, 15) is 19.5 Å². The Labute approximate surface area is 190 Å². The minimum absolute atomic E-state index is 0.0429. The highest BCUT2D eigenvalue weighted by molar-refractivity contribution is 8.00. The number of β-lactam (4-membered cyclic amide) rings is 1. The number of oxime groups is 1. The first kappa shape index (κ1) is 21.8. The van der Waals surface area contributed by atoms with Gasteiger partial charge in [-0.2, -0.15) is 0 Å². The van der Waals surface area contributed by atoms with Gasteiger partial charge in [0.15, 0.2) is 29.8 Å². The Hall–Kier alpha value is -3.45. The monoisotopic (exact) mass is 475 g/mol. The highest BCUT2D eigenvalue weighted by Crippen LogP contribution is 2.40. The number of carbonyl (C=O) groups is 3. The standard InChI is InChI=1S/C19H18N6O5S2/c1-30-23-12(11-9-32-19(20)21-11)15(26)22-13-16(27)25-14(18(28)29)10(8-31-17(13)25)7-24-5-3-2-4-6-24/h2-6,9,13,17H,7-8H2,1H3,(H3-,20,21,22,26,28,29)/p+1/b23-12-. The molecule has 11 nitrogen and oxygen atoms in total. The highest BCUT2D eigenvalue weighted by atomic mass is 32.2. The maximum atomic E-state index is 12.9. The molecule has 2 aliphatic heterocycles. The van der Waals surface area contributed by atoms with E-state index in [4.69, 9.17) is 10.6 Å². The molecule has 2 unspecified atom stereocenters. The fraction of sp³-hybridized carbons (Fsp3) is 0.263. The van der Waals surface area contributed by atoms with Crippen molar-refractivity contribution in [3.63, 3.8) is 0 Å². The fourth-order valence-electron chi connectivity index (χ4n) is 3.47. The number of nitrogens with one attached hydrogen (secondary N) is 1. The topological polar surface area (TPSA) is 151 Å². The molecule has 13 heteroatoms. The molecule has 166 valence electrons. The Bertz CT molecular complexity index is 1130. The predicted molar refractivity (Wildman–Crippen MR) is 116 cm³/mol. The van der Waals surface area contributed by atoms with Crippen LogP contribution in [0.2, 0.25) is 0 Å². The van der Waals surface area contributed by atoms with Crippen LogP contribution in [0.1, 0.15) is 5.69 Å². The molecule has 2 aliphatic rings. The van der Waals surface area contributed by atoms with Gasteiger partial charge in [-0.05, 0) is 0 Å². The molecular formula is C19H19N6O5S2+. The molecule has 0 radical (unpaired) electrons. The number of nitrogens with zero attached hydrogens (tertiary/aromatic N) is 4. The maximum Gasteiger partial charge on any atom is 0.352 e. The van der Waals surface area contributed by atoms with Crippen LogP contribution in [0.25, 0.3) is 0 Å². The van der Waals surface area contributed by atoms with E-state index >= 15 is 0 Å². The Balaban J connectivity index is 1.53. The molecule has 0 aromatic carbocycles. The zero-order valence-electron chi connectivity index (χ0n) is 16.8. The third kappa shape index (κ3) is 4.03. The lowest BCUT2D eigenvalue weighted by Gasteiger charge is -2.49. The summed E-state index contributed by atoms with van der Waals surface area (Å²) in [5, 5.41) is 17.4. The van der Waals surface area contributed by atoms with E-state index < -0.39 is 29.2 Å². The Morgan fingerprint density at radius 3 is 2.78 bits per heavy atom. The lowest BCUT2D eigenvalue weighted by atomic mass is 10.0. The number of fused-ring (bicyclic) bond motifs is 1. The lowest BCUT2D eigenvalue weighted by Crippen LogP contribution is -2.71. The van der Waals surface area contributed by atoms with Gasteiger partial charge in [0.2, 0.25) is 0 Å². The minimum atomic E-state index is -1.18. The van der Waals surface area contributed by atoms with Crippen molar-refractivity contribution >= 4 is 51.7 Å². The number of carbonyl (C=O) groups excluding carboxylic acids is 2. The number of amides is 2. The Morgan fingerprint density at radius 2 is 2.16 bits per heavy atom. The normalized spacial score (nSPS) is 20.5. The third-order valence-corrected chi connectivity index (χ3v) is 6.86. The largest absolute Gasteiger partial charge is 0.477 e. The first-order valence-corrected chi connectivity index (χ1v) is 11.3. The van der Waals surface area contributed by atoms with Gasteiger partial charge in [0.25, 0.3) is 11.8 Å². The number of rotatable bonds is 7. The number of anilines is 1. The van der Waals surface area contributed by atoms with E-state index in [-0.39, 0.29) is 22.2 Å². The van der Waals surface area contributed by atoms with E-state index in [0.29, 0.717) is 17.9 Å². The molecule has 4 heterocycles. The molecule has 4 rings (SSSR count). The van der Waals surface area contributed by atoms with Crippen molar-refractivity contribution in [2.45, 2.75) is 18.0 Å². The van der Waals surface area contributed by atoms with Crippen LogP contribution in [-0.2, 0) is 25.8 Å². The SMILES string of the molecule is CO/N=C(\C(=O)NC1C(=O)N2C(C(=O)O)=C(C[n+]3ccccc3)CSC12)c1csc(N)n1.